The van der Waals surface area contributed by atoms with Crippen LogP contribution in [0.5, 0.6) is 0 Å². The van der Waals surface area contributed by atoms with Crippen LogP contribution >= 0.6 is 0 Å². The topological polar surface area (TPSA) is 63.7 Å². The number of amides is 1. The Morgan fingerprint density at radius 1 is 1.03 bits per heavy atom. The quantitative estimate of drug-likeness (QED) is 0.570. The van der Waals surface area contributed by atoms with Crippen molar-refractivity contribution in [2.75, 3.05) is 19.7 Å². The zero-order valence-corrected chi connectivity index (χ0v) is 16.6. The molecule has 5 nitrogen and oxygen atoms in total. The highest BCUT2D eigenvalue weighted by molar-refractivity contribution is 5.99. The molecule has 0 spiro atoms. The molecule has 0 aliphatic carbocycles. The van der Waals surface area contributed by atoms with E-state index in [9.17, 15) is 18.8 Å². The number of carbonyl (C=O) groups is 3. The number of hydrogen-bond acceptors (Lipinski definition) is 4. The number of ketones is 1. The minimum absolute atomic E-state index is 0.179. The molecule has 2 aromatic rings. The molecule has 1 aliphatic heterocycles. The molecule has 152 valence electrons. The van der Waals surface area contributed by atoms with Crippen molar-refractivity contribution in [3.8, 4) is 0 Å². The van der Waals surface area contributed by atoms with E-state index in [0.717, 1.165) is 11.1 Å². The van der Waals surface area contributed by atoms with Gasteiger partial charge in [-0.2, -0.15) is 0 Å². The van der Waals surface area contributed by atoms with Crippen molar-refractivity contribution in [2.45, 2.75) is 26.7 Å². The Morgan fingerprint density at radius 2 is 1.69 bits per heavy atom. The minimum atomic E-state index is -0.406. The summed E-state index contributed by atoms with van der Waals surface area (Å²) >= 11 is 0. The molecule has 29 heavy (non-hydrogen) atoms. The molecule has 0 bridgehead atoms. The second-order valence-corrected chi connectivity index (χ2v) is 7.42. The van der Waals surface area contributed by atoms with Gasteiger partial charge in [0.15, 0.2) is 6.61 Å². The van der Waals surface area contributed by atoms with E-state index in [1.807, 2.05) is 26.0 Å². The molecule has 0 atom stereocenters. The van der Waals surface area contributed by atoms with Crippen LogP contribution in [0.15, 0.2) is 42.5 Å². The molecule has 0 unspecified atom stereocenters. The lowest BCUT2D eigenvalue weighted by atomic mass is 9.96. The third kappa shape index (κ3) is 5.08. The molecular weight excluding hydrogens is 373 g/mol. The van der Waals surface area contributed by atoms with E-state index < -0.39 is 11.8 Å². The van der Waals surface area contributed by atoms with Crippen LogP contribution in [-0.4, -0.2) is 42.3 Å². The molecule has 3 rings (SSSR count). The number of ether oxygens (including phenoxy) is 1. The van der Waals surface area contributed by atoms with Crippen LogP contribution in [0.2, 0.25) is 0 Å². The van der Waals surface area contributed by atoms with Gasteiger partial charge in [0, 0.05) is 24.2 Å². The number of halogens is 1. The van der Waals surface area contributed by atoms with Gasteiger partial charge >= 0.3 is 5.97 Å². The number of hydrogen-bond donors (Lipinski definition) is 0. The summed E-state index contributed by atoms with van der Waals surface area (Å²) in [5.41, 5.74) is 2.91. The van der Waals surface area contributed by atoms with E-state index in [1.54, 1.807) is 11.0 Å². The average molecular weight is 397 g/mol. The summed E-state index contributed by atoms with van der Waals surface area (Å²) in [6.45, 7) is 4.36. The van der Waals surface area contributed by atoms with Crippen LogP contribution < -0.4 is 0 Å². The number of esters is 1. The first-order valence-electron chi connectivity index (χ1n) is 9.67. The van der Waals surface area contributed by atoms with Crippen molar-refractivity contribution >= 4 is 17.7 Å². The molecule has 2 aromatic carbocycles. The van der Waals surface area contributed by atoms with Crippen molar-refractivity contribution in [3.63, 3.8) is 0 Å². The Morgan fingerprint density at radius 3 is 2.31 bits per heavy atom. The molecule has 1 heterocycles. The molecular formula is C23H24FNO4. The van der Waals surface area contributed by atoms with Crippen LogP contribution in [0.3, 0.4) is 0 Å². The third-order valence-corrected chi connectivity index (χ3v) is 5.23. The molecule has 0 aromatic heterocycles. The van der Waals surface area contributed by atoms with Gasteiger partial charge in [-0.1, -0.05) is 23.8 Å². The third-order valence-electron chi connectivity index (χ3n) is 5.23. The van der Waals surface area contributed by atoms with E-state index in [-0.39, 0.29) is 24.2 Å². The highest BCUT2D eigenvalue weighted by Crippen LogP contribution is 2.21. The first-order valence-corrected chi connectivity index (χ1v) is 9.67. The first-order chi connectivity index (χ1) is 13.8. The maximum Gasteiger partial charge on any atom is 0.309 e. The summed E-state index contributed by atoms with van der Waals surface area (Å²) in [6, 6.07) is 10.9. The van der Waals surface area contributed by atoms with E-state index in [0.29, 0.717) is 37.1 Å². The molecule has 1 fully saturated rings. The highest BCUT2D eigenvalue weighted by atomic mass is 19.1. The molecule has 6 heteroatoms. The SMILES string of the molecule is Cc1ccc(C(=O)COC(=O)C2CCN(C(=O)c3ccc(F)cc3)CC2)c(C)c1. The molecule has 0 radical (unpaired) electrons. The fourth-order valence-corrected chi connectivity index (χ4v) is 3.55. The number of carbonyl (C=O) groups excluding carboxylic acids is 3. The van der Waals surface area contributed by atoms with E-state index >= 15 is 0 Å². The van der Waals surface area contributed by atoms with Crippen molar-refractivity contribution in [2.24, 2.45) is 5.92 Å². The number of benzene rings is 2. The summed E-state index contributed by atoms with van der Waals surface area (Å²) in [6.07, 6.45) is 0.951. The lowest BCUT2D eigenvalue weighted by molar-refractivity contribution is -0.148. The Labute approximate surface area is 169 Å². The van der Waals surface area contributed by atoms with Crippen molar-refractivity contribution in [1.82, 2.24) is 4.90 Å². The van der Waals surface area contributed by atoms with E-state index in [2.05, 4.69) is 0 Å². The number of piperidine rings is 1. The lowest BCUT2D eigenvalue weighted by Gasteiger charge is -2.31. The average Bonchev–Trinajstić information content (AvgIpc) is 2.72. The number of rotatable bonds is 5. The van der Waals surface area contributed by atoms with E-state index in [4.69, 9.17) is 4.74 Å². The van der Waals surface area contributed by atoms with Crippen LogP contribution in [0.25, 0.3) is 0 Å². The minimum Gasteiger partial charge on any atom is -0.457 e. The van der Waals surface area contributed by atoms with Gasteiger partial charge in [0.05, 0.1) is 5.92 Å². The second kappa shape index (κ2) is 8.99. The predicted octanol–water partition coefficient (Wildman–Crippen LogP) is 3.72. The maximum absolute atomic E-state index is 13.0. The summed E-state index contributed by atoms with van der Waals surface area (Å²) in [7, 11) is 0. The van der Waals surface area contributed by atoms with Gasteiger partial charge < -0.3 is 9.64 Å². The predicted molar refractivity (Wildman–Crippen MR) is 106 cm³/mol. The van der Waals surface area contributed by atoms with Gasteiger partial charge in [-0.25, -0.2) is 4.39 Å². The highest BCUT2D eigenvalue weighted by Gasteiger charge is 2.29. The van der Waals surface area contributed by atoms with Gasteiger partial charge in [-0.15, -0.1) is 0 Å². The summed E-state index contributed by atoms with van der Waals surface area (Å²) < 4.78 is 18.3. The van der Waals surface area contributed by atoms with Gasteiger partial charge in [0.2, 0.25) is 5.78 Å². The first kappa shape index (κ1) is 20.7. The zero-order valence-electron chi connectivity index (χ0n) is 16.6. The van der Waals surface area contributed by atoms with Crippen molar-refractivity contribution in [3.05, 3.63) is 70.5 Å². The zero-order chi connectivity index (χ0) is 21.0. The largest absolute Gasteiger partial charge is 0.457 e. The Kier molecular flexibility index (Phi) is 6.42. The summed E-state index contributed by atoms with van der Waals surface area (Å²) in [4.78, 5) is 38.8. The fourth-order valence-electron chi connectivity index (χ4n) is 3.55. The Bertz CT molecular complexity index is 915. The fraction of sp³-hybridized carbons (Fsp3) is 0.348. The van der Waals surface area contributed by atoms with Gasteiger partial charge in [-0.05, 0) is 56.5 Å². The second-order valence-electron chi connectivity index (χ2n) is 7.42. The van der Waals surface area contributed by atoms with E-state index in [1.165, 1.54) is 24.3 Å². The normalized spacial score (nSPS) is 14.5. The molecule has 1 aliphatic rings. The summed E-state index contributed by atoms with van der Waals surface area (Å²) in [5.74, 6) is -1.53. The van der Waals surface area contributed by atoms with Crippen LogP contribution in [0, 0.1) is 25.6 Å². The monoisotopic (exact) mass is 397 g/mol. The molecule has 1 saturated heterocycles. The lowest BCUT2D eigenvalue weighted by Crippen LogP contribution is -2.40. The number of aryl methyl sites for hydroxylation is 2. The summed E-state index contributed by atoms with van der Waals surface area (Å²) in [5, 5.41) is 0. The smallest absolute Gasteiger partial charge is 0.309 e. The number of Topliss-reactive ketones (excluding diaryl/α,β-unsaturated/α-hetero) is 1. The Hall–Kier alpha value is -3.02. The van der Waals surface area contributed by atoms with Crippen molar-refractivity contribution in [1.29, 1.82) is 0 Å². The van der Waals surface area contributed by atoms with Gasteiger partial charge in [0.25, 0.3) is 5.91 Å². The maximum atomic E-state index is 13.0. The van der Waals surface area contributed by atoms with Crippen LogP contribution in [0.1, 0.15) is 44.7 Å². The number of nitrogens with zero attached hydrogens (tertiary/aromatic N) is 1. The van der Waals surface area contributed by atoms with Crippen molar-refractivity contribution < 1.29 is 23.5 Å². The standard InChI is InChI=1S/C23H24FNO4/c1-15-3-8-20(16(2)13-15)21(26)14-29-23(28)18-9-11-25(12-10-18)22(27)17-4-6-19(24)7-5-17/h3-8,13,18H,9-12,14H2,1-2H3. The Balaban J connectivity index is 1.49. The molecule has 1 amide bonds. The molecule has 0 saturated carbocycles. The van der Waals surface area contributed by atoms with Crippen LogP contribution in [0.4, 0.5) is 4.39 Å². The van der Waals surface area contributed by atoms with Gasteiger partial charge in [0.1, 0.15) is 5.82 Å². The van der Waals surface area contributed by atoms with Crippen LogP contribution in [-0.2, 0) is 9.53 Å². The molecule has 0 N–H and O–H groups in total. The number of likely N-dealkylation sites (tertiary alicyclic amines) is 1. The van der Waals surface area contributed by atoms with Gasteiger partial charge in [-0.3, -0.25) is 14.4 Å².